The zero-order valence-electron chi connectivity index (χ0n) is 10.7. The number of hydrogen-bond acceptors (Lipinski definition) is 3. The maximum Gasteiger partial charge on any atom is 0.248 e. The van der Waals surface area contributed by atoms with E-state index in [1.807, 2.05) is 6.92 Å². The van der Waals surface area contributed by atoms with Gasteiger partial charge in [0.2, 0.25) is 11.9 Å². The molecule has 0 radical (unpaired) electrons. The molecular formula is C12H20N4O. The summed E-state index contributed by atoms with van der Waals surface area (Å²) in [6, 6.07) is 0. The van der Waals surface area contributed by atoms with E-state index in [1.54, 1.807) is 0 Å². The molecule has 5 nitrogen and oxygen atoms in total. The quantitative estimate of drug-likeness (QED) is 0.827. The van der Waals surface area contributed by atoms with E-state index in [0.717, 1.165) is 19.3 Å². The van der Waals surface area contributed by atoms with Gasteiger partial charge in [0.15, 0.2) is 0 Å². The number of rotatable bonds is 2. The number of aromatic nitrogens is 3. The predicted molar refractivity (Wildman–Crippen MR) is 65.5 cm³/mol. The molecule has 1 fully saturated rings. The molecule has 0 bridgehead atoms. The Morgan fingerprint density at radius 1 is 1.47 bits per heavy atom. The van der Waals surface area contributed by atoms with Crippen molar-refractivity contribution in [2.24, 2.45) is 11.3 Å². The normalized spacial score (nSPS) is 23.4. The molecule has 0 aromatic carbocycles. The number of hydrogen-bond donors (Lipinski definition) is 2. The second kappa shape index (κ2) is 4.47. The lowest BCUT2D eigenvalue weighted by Crippen LogP contribution is -2.37. The fraction of sp³-hybridized carbons (Fsp3) is 0.750. The summed E-state index contributed by atoms with van der Waals surface area (Å²) in [6.45, 7) is 6.15. The summed E-state index contributed by atoms with van der Waals surface area (Å²) in [7, 11) is 0. The van der Waals surface area contributed by atoms with Crippen LogP contribution in [0.3, 0.4) is 0 Å². The third-order valence-corrected chi connectivity index (χ3v) is 3.66. The van der Waals surface area contributed by atoms with Gasteiger partial charge in [-0.3, -0.25) is 15.2 Å². The van der Waals surface area contributed by atoms with Crippen molar-refractivity contribution in [3.05, 3.63) is 5.82 Å². The van der Waals surface area contributed by atoms with Gasteiger partial charge in [-0.15, -0.1) is 5.10 Å². The minimum absolute atomic E-state index is 0.0497. The summed E-state index contributed by atoms with van der Waals surface area (Å²) in [6.07, 6.45) is 4.42. The van der Waals surface area contributed by atoms with E-state index >= 15 is 0 Å². The van der Waals surface area contributed by atoms with Crippen molar-refractivity contribution < 1.29 is 4.79 Å². The van der Waals surface area contributed by atoms with Gasteiger partial charge in [-0.25, -0.2) is 0 Å². The van der Waals surface area contributed by atoms with Crippen molar-refractivity contribution in [1.29, 1.82) is 0 Å². The molecular weight excluding hydrogens is 216 g/mol. The second-order valence-electron chi connectivity index (χ2n) is 5.52. The van der Waals surface area contributed by atoms with E-state index in [1.165, 1.54) is 6.42 Å². The molecule has 0 aliphatic heterocycles. The number of amides is 1. The van der Waals surface area contributed by atoms with Crippen LogP contribution >= 0.6 is 0 Å². The van der Waals surface area contributed by atoms with Crippen LogP contribution in [-0.4, -0.2) is 21.1 Å². The van der Waals surface area contributed by atoms with Gasteiger partial charge in [0.25, 0.3) is 0 Å². The van der Waals surface area contributed by atoms with Gasteiger partial charge in [-0.05, 0) is 25.2 Å². The summed E-state index contributed by atoms with van der Waals surface area (Å²) in [5.41, 5.74) is 0.0771. The third kappa shape index (κ3) is 2.65. The molecule has 1 atom stereocenters. The standard InChI is InChI=1S/C12H20N4O/c1-8-13-11(16-15-8)14-10(17)9-6-4-5-7-12(9,2)3/h9H,4-7H2,1-3H3,(H2,13,14,15,16,17). The smallest absolute Gasteiger partial charge is 0.248 e. The Hall–Kier alpha value is -1.39. The summed E-state index contributed by atoms with van der Waals surface area (Å²) in [4.78, 5) is 16.3. The highest BCUT2D eigenvalue weighted by Gasteiger charge is 2.37. The molecule has 1 heterocycles. The topological polar surface area (TPSA) is 70.7 Å². The van der Waals surface area contributed by atoms with Crippen LogP contribution < -0.4 is 5.32 Å². The lowest BCUT2D eigenvalue weighted by Gasteiger charge is -2.37. The molecule has 0 spiro atoms. The first kappa shape index (κ1) is 12.1. The Kier molecular flexibility index (Phi) is 3.17. The zero-order valence-corrected chi connectivity index (χ0v) is 10.7. The number of nitrogens with zero attached hydrogens (tertiary/aromatic N) is 2. The van der Waals surface area contributed by atoms with E-state index < -0.39 is 0 Å². The number of H-pyrrole nitrogens is 1. The zero-order chi connectivity index (χ0) is 12.5. The largest absolute Gasteiger partial charge is 0.293 e. The SMILES string of the molecule is Cc1nc(NC(=O)C2CCCCC2(C)C)n[nH]1. The van der Waals surface area contributed by atoms with Crippen LogP contribution in [0.5, 0.6) is 0 Å². The number of carbonyl (C=O) groups excluding carboxylic acids is 1. The number of aromatic amines is 1. The van der Waals surface area contributed by atoms with Crippen molar-refractivity contribution in [1.82, 2.24) is 15.2 Å². The number of carbonyl (C=O) groups is 1. The van der Waals surface area contributed by atoms with Gasteiger partial charge in [0.05, 0.1) is 0 Å². The molecule has 1 amide bonds. The molecule has 1 aliphatic rings. The molecule has 2 rings (SSSR count). The Labute approximate surface area is 101 Å². The first-order chi connectivity index (χ1) is 7.99. The number of anilines is 1. The van der Waals surface area contributed by atoms with E-state index in [4.69, 9.17) is 0 Å². The summed E-state index contributed by atoms with van der Waals surface area (Å²) < 4.78 is 0. The van der Waals surface area contributed by atoms with Gasteiger partial charge in [-0.1, -0.05) is 26.7 Å². The fourth-order valence-corrected chi connectivity index (χ4v) is 2.58. The van der Waals surface area contributed by atoms with E-state index in [9.17, 15) is 4.79 Å². The highest BCUT2D eigenvalue weighted by molar-refractivity contribution is 5.91. The predicted octanol–water partition coefficient (Wildman–Crippen LogP) is 2.27. The third-order valence-electron chi connectivity index (χ3n) is 3.66. The van der Waals surface area contributed by atoms with Gasteiger partial charge < -0.3 is 0 Å². The summed E-state index contributed by atoms with van der Waals surface area (Å²) in [5.74, 6) is 1.21. The van der Waals surface area contributed by atoms with Crippen LogP contribution in [0.4, 0.5) is 5.95 Å². The van der Waals surface area contributed by atoms with Crippen LogP contribution in [0.15, 0.2) is 0 Å². The Morgan fingerprint density at radius 3 is 2.82 bits per heavy atom. The van der Waals surface area contributed by atoms with Crippen LogP contribution in [0, 0.1) is 18.3 Å². The first-order valence-electron chi connectivity index (χ1n) is 6.19. The Bertz CT molecular complexity index is 410. The van der Waals surface area contributed by atoms with E-state index in [-0.39, 0.29) is 17.2 Å². The molecule has 17 heavy (non-hydrogen) atoms. The molecule has 1 aliphatic carbocycles. The van der Waals surface area contributed by atoms with Crippen molar-refractivity contribution in [3.63, 3.8) is 0 Å². The highest BCUT2D eigenvalue weighted by Crippen LogP contribution is 2.40. The van der Waals surface area contributed by atoms with Crippen molar-refractivity contribution in [3.8, 4) is 0 Å². The minimum atomic E-state index is 0.0497. The molecule has 94 valence electrons. The van der Waals surface area contributed by atoms with Crippen molar-refractivity contribution in [2.75, 3.05) is 5.32 Å². The van der Waals surface area contributed by atoms with Crippen LogP contribution in [-0.2, 0) is 4.79 Å². The molecule has 5 heteroatoms. The van der Waals surface area contributed by atoms with Gasteiger partial charge in [0, 0.05) is 5.92 Å². The van der Waals surface area contributed by atoms with E-state index in [0.29, 0.717) is 11.8 Å². The molecule has 2 N–H and O–H groups in total. The summed E-state index contributed by atoms with van der Waals surface area (Å²) in [5, 5.41) is 9.45. The number of aryl methyl sites for hydroxylation is 1. The minimum Gasteiger partial charge on any atom is -0.293 e. The van der Waals surface area contributed by atoms with Gasteiger partial charge in [-0.2, -0.15) is 4.98 Å². The van der Waals surface area contributed by atoms with Crippen molar-refractivity contribution in [2.45, 2.75) is 46.5 Å². The Balaban J connectivity index is 2.04. The van der Waals surface area contributed by atoms with Gasteiger partial charge >= 0.3 is 0 Å². The molecule has 1 saturated carbocycles. The Morgan fingerprint density at radius 2 is 2.24 bits per heavy atom. The van der Waals surface area contributed by atoms with Crippen LogP contribution in [0.2, 0.25) is 0 Å². The summed E-state index contributed by atoms with van der Waals surface area (Å²) >= 11 is 0. The molecule has 0 saturated heterocycles. The average Bonchev–Trinajstić information content (AvgIpc) is 2.63. The fourth-order valence-electron chi connectivity index (χ4n) is 2.58. The van der Waals surface area contributed by atoms with Crippen molar-refractivity contribution >= 4 is 11.9 Å². The number of nitrogens with one attached hydrogen (secondary N) is 2. The molecule has 1 aromatic heterocycles. The highest BCUT2D eigenvalue weighted by atomic mass is 16.2. The first-order valence-corrected chi connectivity index (χ1v) is 6.19. The molecule has 1 unspecified atom stereocenters. The van der Waals surface area contributed by atoms with Gasteiger partial charge in [0.1, 0.15) is 5.82 Å². The monoisotopic (exact) mass is 236 g/mol. The van der Waals surface area contributed by atoms with E-state index in [2.05, 4.69) is 34.3 Å². The average molecular weight is 236 g/mol. The second-order valence-corrected chi connectivity index (χ2v) is 5.52. The van der Waals surface area contributed by atoms with Crippen LogP contribution in [0.25, 0.3) is 0 Å². The molecule has 1 aromatic rings. The van der Waals surface area contributed by atoms with Crippen LogP contribution in [0.1, 0.15) is 45.4 Å². The lowest BCUT2D eigenvalue weighted by atomic mass is 9.68. The maximum absolute atomic E-state index is 12.2. The lowest BCUT2D eigenvalue weighted by molar-refractivity contribution is -0.124. The maximum atomic E-state index is 12.2.